The first-order chi connectivity index (χ1) is 8.90. The summed E-state index contributed by atoms with van der Waals surface area (Å²) in [6.07, 6.45) is -3.80. The lowest BCUT2D eigenvalue weighted by atomic mass is 10.0. The molecule has 0 atom stereocenters. The molecule has 0 saturated carbocycles. The number of aldehydes is 1. The molecule has 2 aromatic rings. The molecule has 2 rings (SSSR count). The number of rotatable bonds is 2. The highest BCUT2D eigenvalue weighted by Gasteiger charge is 2.30. The van der Waals surface area contributed by atoms with Crippen molar-refractivity contribution in [1.29, 1.82) is 0 Å². The van der Waals surface area contributed by atoms with E-state index in [2.05, 4.69) is 0 Å². The molecule has 0 aromatic heterocycles. The topological polar surface area (TPSA) is 17.1 Å². The van der Waals surface area contributed by atoms with E-state index in [-0.39, 0.29) is 0 Å². The van der Waals surface area contributed by atoms with Gasteiger partial charge in [-0.3, -0.25) is 4.79 Å². The standard InChI is InChI=1S/C14H8ClF3O/c15-13-5-9(8-19)4-11(7-13)10-2-1-3-12(6-10)14(16,17)18/h1-8H. The zero-order chi connectivity index (χ0) is 14.0. The Hall–Kier alpha value is -1.81. The van der Waals surface area contributed by atoms with E-state index in [9.17, 15) is 18.0 Å². The average molecular weight is 285 g/mol. The summed E-state index contributed by atoms with van der Waals surface area (Å²) < 4.78 is 37.9. The minimum atomic E-state index is -4.40. The molecule has 2 aromatic carbocycles. The maximum Gasteiger partial charge on any atom is 0.416 e. The van der Waals surface area contributed by atoms with E-state index >= 15 is 0 Å². The summed E-state index contributed by atoms with van der Waals surface area (Å²) in [6, 6.07) is 9.34. The molecule has 0 amide bonds. The summed E-state index contributed by atoms with van der Waals surface area (Å²) in [6.45, 7) is 0. The highest BCUT2D eigenvalue weighted by molar-refractivity contribution is 6.31. The van der Waals surface area contributed by atoms with Crippen LogP contribution < -0.4 is 0 Å². The van der Waals surface area contributed by atoms with E-state index in [4.69, 9.17) is 11.6 Å². The van der Waals surface area contributed by atoms with Crippen molar-refractivity contribution in [1.82, 2.24) is 0 Å². The van der Waals surface area contributed by atoms with E-state index in [1.807, 2.05) is 0 Å². The van der Waals surface area contributed by atoms with Gasteiger partial charge in [-0.25, -0.2) is 0 Å². The highest BCUT2D eigenvalue weighted by Crippen LogP contribution is 2.33. The Labute approximate surface area is 112 Å². The molecule has 0 heterocycles. The molecule has 0 saturated heterocycles. The third kappa shape index (κ3) is 3.15. The van der Waals surface area contributed by atoms with Crippen molar-refractivity contribution in [3.05, 3.63) is 58.6 Å². The second kappa shape index (κ2) is 5.05. The van der Waals surface area contributed by atoms with Crippen LogP contribution in [-0.4, -0.2) is 6.29 Å². The fraction of sp³-hybridized carbons (Fsp3) is 0.0714. The molecule has 0 fully saturated rings. The predicted molar refractivity (Wildman–Crippen MR) is 67.3 cm³/mol. The van der Waals surface area contributed by atoms with Gasteiger partial charge in [-0.2, -0.15) is 13.2 Å². The SMILES string of the molecule is O=Cc1cc(Cl)cc(-c2cccc(C(F)(F)F)c2)c1. The van der Waals surface area contributed by atoms with Crippen LogP contribution in [0.1, 0.15) is 15.9 Å². The van der Waals surface area contributed by atoms with Gasteiger partial charge in [0.25, 0.3) is 0 Å². The normalized spacial score (nSPS) is 11.4. The van der Waals surface area contributed by atoms with Crippen LogP contribution in [0.25, 0.3) is 11.1 Å². The Kier molecular flexibility index (Phi) is 3.62. The lowest BCUT2D eigenvalue weighted by Crippen LogP contribution is -2.04. The van der Waals surface area contributed by atoms with E-state index in [0.717, 1.165) is 12.1 Å². The van der Waals surface area contributed by atoms with Gasteiger partial charge in [0.05, 0.1) is 5.56 Å². The lowest BCUT2D eigenvalue weighted by molar-refractivity contribution is -0.137. The second-order valence-electron chi connectivity index (χ2n) is 3.97. The van der Waals surface area contributed by atoms with Crippen LogP contribution in [0.5, 0.6) is 0 Å². The minimum Gasteiger partial charge on any atom is -0.298 e. The van der Waals surface area contributed by atoms with Crippen molar-refractivity contribution in [2.75, 3.05) is 0 Å². The smallest absolute Gasteiger partial charge is 0.298 e. The van der Waals surface area contributed by atoms with Gasteiger partial charge in [-0.15, -0.1) is 0 Å². The van der Waals surface area contributed by atoms with Crippen molar-refractivity contribution in [2.24, 2.45) is 0 Å². The van der Waals surface area contributed by atoms with Gasteiger partial charge in [-0.05, 0) is 41.5 Å². The van der Waals surface area contributed by atoms with Gasteiger partial charge >= 0.3 is 6.18 Å². The molecular formula is C14H8ClF3O. The lowest BCUT2D eigenvalue weighted by Gasteiger charge is -2.09. The van der Waals surface area contributed by atoms with Gasteiger partial charge in [0.15, 0.2) is 0 Å². The highest BCUT2D eigenvalue weighted by atomic mass is 35.5. The number of carbonyl (C=O) groups excluding carboxylic acids is 1. The Bertz CT molecular complexity index is 620. The van der Waals surface area contributed by atoms with Crippen molar-refractivity contribution >= 4 is 17.9 Å². The fourth-order valence-corrected chi connectivity index (χ4v) is 1.97. The minimum absolute atomic E-state index is 0.303. The maximum atomic E-state index is 12.6. The van der Waals surface area contributed by atoms with Crippen LogP contribution in [0.3, 0.4) is 0 Å². The molecule has 0 aliphatic rings. The maximum absolute atomic E-state index is 12.6. The van der Waals surface area contributed by atoms with Gasteiger partial charge in [0.2, 0.25) is 0 Å². The molecule has 5 heteroatoms. The quantitative estimate of drug-likeness (QED) is 0.721. The third-order valence-corrected chi connectivity index (χ3v) is 2.80. The molecule has 0 radical (unpaired) electrons. The van der Waals surface area contributed by atoms with Crippen molar-refractivity contribution < 1.29 is 18.0 Å². The van der Waals surface area contributed by atoms with Crippen LogP contribution in [0.15, 0.2) is 42.5 Å². The Morgan fingerprint density at radius 2 is 1.74 bits per heavy atom. The van der Waals surface area contributed by atoms with E-state index < -0.39 is 11.7 Å². The zero-order valence-electron chi connectivity index (χ0n) is 9.54. The molecule has 0 aliphatic carbocycles. The van der Waals surface area contributed by atoms with E-state index in [0.29, 0.717) is 28.0 Å². The van der Waals surface area contributed by atoms with Gasteiger partial charge < -0.3 is 0 Å². The van der Waals surface area contributed by atoms with Gasteiger partial charge in [0.1, 0.15) is 6.29 Å². The Balaban J connectivity index is 2.53. The molecule has 1 nitrogen and oxygen atoms in total. The van der Waals surface area contributed by atoms with Crippen LogP contribution in [0, 0.1) is 0 Å². The Morgan fingerprint density at radius 3 is 2.37 bits per heavy atom. The van der Waals surface area contributed by atoms with Crippen LogP contribution in [0.2, 0.25) is 5.02 Å². The number of benzene rings is 2. The van der Waals surface area contributed by atoms with E-state index in [1.165, 1.54) is 30.3 Å². The largest absolute Gasteiger partial charge is 0.416 e. The van der Waals surface area contributed by atoms with Crippen LogP contribution in [-0.2, 0) is 6.18 Å². The van der Waals surface area contributed by atoms with Crippen LogP contribution >= 0.6 is 11.6 Å². The second-order valence-corrected chi connectivity index (χ2v) is 4.41. The first-order valence-corrected chi connectivity index (χ1v) is 5.71. The number of halogens is 4. The molecule has 98 valence electrons. The molecule has 0 bridgehead atoms. The summed E-state index contributed by atoms with van der Waals surface area (Å²) >= 11 is 5.83. The molecule has 0 unspecified atom stereocenters. The van der Waals surface area contributed by atoms with Gasteiger partial charge in [-0.1, -0.05) is 23.7 Å². The summed E-state index contributed by atoms with van der Waals surface area (Å²) in [5.74, 6) is 0. The van der Waals surface area contributed by atoms with Crippen molar-refractivity contribution in [2.45, 2.75) is 6.18 Å². The summed E-state index contributed by atoms with van der Waals surface area (Å²) in [5, 5.41) is 0.303. The van der Waals surface area contributed by atoms with Crippen molar-refractivity contribution in [3.8, 4) is 11.1 Å². The third-order valence-electron chi connectivity index (χ3n) is 2.58. The molecule has 0 spiro atoms. The monoisotopic (exact) mass is 284 g/mol. The number of carbonyl (C=O) groups is 1. The van der Waals surface area contributed by atoms with Crippen LogP contribution in [0.4, 0.5) is 13.2 Å². The molecule has 0 aliphatic heterocycles. The van der Waals surface area contributed by atoms with Crippen molar-refractivity contribution in [3.63, 3.8) is 0 Å². The molecule has 19 heavy (non-hydrogen) atoms. The predicted octanol–water partition coefficient (Wildman–Crippen LogP) is 4.84. The Morgan fingerprint density at radius 1 is 1.00 bits per heavy atom. The first kappa shape index (κ1) is 13.6. The van der Waals surface area contributed by atoms with Gasteiger partial charge in [0, 0.05) is 10.6 Å². The first-order valence-electron chi connectivity index (χ1n) is 5.33. The number of hydrogen-bond acceptors (Lipinski definition) is 1. The average Bonchev–Trinajstić information content (AvgIpc) is 2.37. The number of alkyl halides is 3. The zero-order valence-corrected chi connectivity index (χ0v) is 10.3. The fourth-order valence-electron chi connectivity index (χ4n) is 1.72. The summed E-state index contributed by atoms with van der Waals surface area (Å²) in [7, 11) is 0. The molecular weight excluding hydrogens is 277 g/mol. The number of hydrogen-bond donors (Lipinski definition) is 0. The summed E-state index contributed by atoms with van der Waals surface area (Å²) in [5.41, 5.74) is 0.415. The van der Waals surface area contributed by atoms with E-state index in [1.54, 1.807) is 0 Å². The summed E-state index contributed by atoms with van der Waals surface area (Å²) in [4.78, 5) is 10.7. The molecule has 0 N–H and O–H groups in total.